The highest BCUT2D eigenvalue weighted by Crippen LogP contribution is 2.22. The third-order valence-electron chi connectivity index (χ3n) is 2.21. The Balaban J connectivity index is 2.79. The molecule has 0 aromatic carbocycles. The lowest BCUT2D eigenvalue weighted by atomic mass is 10.1. The molecule has 1 aromatic rings. The van der Waals surface area contributed by atoms with Gasteiger partial charge in [0.1, 0.15) is 11.1 Å². The number of aliphatic carboxylic acids is 1. The zero-order valence-corrected chi connectivity index (χ0v) is 11.3. The van der Waals surface area contributed by atoms with Gasteiger partial charge in [-0.25, -0.2) is 4.98 Å². The Bertz CT molecular complexity index is 467. The molecule has 5 heteroatoms. The lowest BCUT2D eigenvalue weighted by molar-refractivity contribution is -0.136. The van der Waals surface area contributed by atoms with Crippen LogP contribution in [0.3, 0.4) is 0 Å². The Morgan fingerprint density at radius 2 is 2.28 bits per heavy atom. The van der Waals surface area contributed by atoms with Crippen LogP contribution in [0.4, 0.5) is 0 Å². The van der Waals surface area contributed by atoms with Gasteiger partial charge in [0, 0.05) is 11.4 Å². The minimum Gasteiger partial charge on any atom is -0.481 e. The first kappa shape index (κ1) is 14.5. The zero-order valence-electron chi connectivity index (χ0n) is 10.5. The number of nitriles is 1. The molecule has 4 nitrogen and oxygen atoms in total. The van der Waals surface area contributed by atoms with Gasteiger partial charge in [0.05, 0.1) is 12.0 Å². The molecule has 1 heterocycles. The van der Waals surface area contributed by atoms with Gasteiger partial charge in [0.2, 0.25) is 0 Å². The van der Waals surface area contributed by atoms with Crippen molar-refractivity contribution in [1.29, 1.82) is 5.26 Å². The maximum absolute atomic E-state index is 10.5. The monoisotopic (exact) mass is 264 g/mol. The quantitative estimate of drug-likeness (QED) is 0.800. The van der Waals surface area contributed by atoms with Crippen LogP contribution in [0.15, 0.2) is 17.2 Å². The smallest absolute Gasteiger partial charge is 0.304 e. The van der Waals surface area contributed by atoms with E-state index < -0.39 is 5.97 Å². The lowest BCUT2D eigenvalue weighted by Crippen LogP contribution is -2.01. The molecule has 0 saturated heterocycles. The standard InChI is InChI=1S/C13H16N2O2S/c1-9(2)7-11-4-3-10(8-14)13(15-11)18-6-5-12(16)17/h3-4,9H,5-7H2,1-2H3,(H,16,17). The molecule has 1 N–H and O–H groups in total. The molecular weight excluding hydrogens is 248 g/mol. The van der Waals surface area contributed by atoms with Gasteiger partial charge in [-0.15, -0.1) is 11.8 Å². The van der Waals surface area contributed by atoms with Crippen molar-refractivity contribution in [1.82, 2.24) is 4.98 Å². The topological polar surface area (TPSA) is 74.0 Å². The Labute approximate surface area is 111 Å². The average molecular weight is 264 g/mol. The van der Waals surface area contributed by atoms with Crippen molar-refractivity contribution in [2.24, 2.45) is 5.92 Å². The van der Waals surface area contributed by atoms with E-state index in [1.165, 1.54) is 11.8 Å². The second-order valence-corrected chi connectivity index (χ2v) is 5.44. The number of carboxylic acids is 1. The van der Waals surface area contributed by atoms with Crippen molar-refractivity contribution in [3.63, 3.8) is 0 Å². The molecule has 0 saturated carbocycles. The Kier molecular flexibility index (Phi) is 5.66. The maximum Gasteiger partial charge on any atom is 0.304 e. The SMILES string of the molecule is CC(C)Cc1ccc(C#N)c(SCCC(=O)O)n1. The fraction of sp³-hybridized carbons (Fsp3) is 0.462. The van der Waals surface area contributed by atoms with Crippen molar-refractivity contribution in [3.8, 4) is 6.07 Å². The van der Waals surface area contributed by atoms with Crippen LogP contribution in [-0.4, -0.2) is 21.8 Å². The lowest BCUT2D eigenvalue weighted by Gasteiger charge is -2.07. The molecule has 0 bridgehead atoms. The Morgan fingerprint density at radius 1 is 1.56 bits per heavy atom. The van der Waals surface area contributed by atoms with Crippen molar-refractivity contribution >= 4 is 17.7 Å². The number of hydrogen-bond donors (Lipinski definition) is 1. The molecule has 0 radical (unpaired) electrons. The number of rotatable bonds is 6. The first-order valence-corrected chi connectivity index (χ1v) is 6.76. The van der Waals surface area contributed by atoms with Gasteiger partial charge in [-0.3, -0.25) is 4.79 Å². The summed E-state index contributed by atoms with van der Waals surface area (Å²) in [7, 11) is 0. The zero-order chi connectivity index (χ0) is 13.5. The molecular formula is C13H16N2O2S. The summed E-state index contributed by atoms with van der Waals surface area (Å²) in [6, 6.07) is 5.70. The molecule has 0 spiro atoms. The van der Waals surface area contributed by atoms with E-state index in [1.807, 2.05) is 6.07 Å². The van der Waals surface area contributed by atoms with Crippen LogP contribution in [0, 0.1) is 17.2 Å². The van der Waals surface area contributed by atoms with Crippen molar-refractivity contribution < 1.29 is 9.90 Å². The van der Waals surface area contributed by atoms with E-state index in [9.17, 15) is 4.79 Å². The number of carboxylic acid groups (broad SMARTS) is 1. The van der Waals surface area contributed by atoms with E-state index in [4.69, 9.17) is 10.4 Å². The Morgan fingerprint density at radius 3 is 2.83 bits per heavy atom. The summed E-state index contributed by atoms with van der Waals surface area (Å²) >= 11 is 1.33. The van der Waals surface area contributed by atoms with Gasteiger partial charge in [-0.1, -0.05) is 13.8 Å². The van der Waals surface area contributed by atoms with Crippen LogP contribution in [0.25, 0.3) is 0 Å². The molecule has 0 aliphatic heterocycles. The number of thioether (sulfide) groups is 1. The second kappa shape index (κ2) is 7.02. The van der Waals surface area contributed by atoms with Gasteiger partial charge in [0.15, 0.2) is 0 Å². The highest BCUT2D eigenvalue weighted by Gasteiger charge is 2.08. The summed E-state index contributed by atoms with van der Waals surface area (Å²) in [5, 5.41) is 18.2. The van der Waals surface area contributed by atoms with Gasteiger partial charge in [-0.05, 0) is 24.5 Å². The Hall–Kier alpha value is -1.54. The predicted molar refractivity (Wildman–Crippen MR) is 70.5 cm³/mol. The van der Waals surface area contributed by atoms with Crippen molar-refractivity contribution in [2.45, 2.75) is 31.7 Å². The van der Waals surface area contributed by atoms with E-state index in [-0.39, 0.29) is 6.42 Å². The third kappa shape index (κ3) is 4.76. The van der Waals surface area contributed by atoms with Crippen LogP contribution in [0.1, 0.15) is 31.5 Å². The molecule has 18 heavy (non-hydrogen) atoms. The second-order valence-electron chi connectivity index (χ2n) is 4.36. The van der Waals surface area contributed by atoms with E-state index in [1.54, 1.807) is 6.07 Å². The summed E-state index contributed by atoms with van der Waals surface area (Å²) in [4.78, 5) is 14.9. The van der Waals surface area contributed by atoms with Crippen LogP contribution in [-0.2, 0) is 11.2 Å². The molecule has 1 rings (SSSR count). The largest absolute Gasteiger partial charge is 0.481 e. The molecule has 0 fully saturated rings. The van der Waals surface area contributed by atoms with Crippen molar-refractivity contribution in [3.05, 3.63) is 23.4 Å². The van der Waals surface area contributed by atoms with Crippen LogP contribution >= 0.6 is 11.8 Å². The van der Waals surface area contributed by atoms with Crippen LogP contribution in [0.5, 0.6) is 0 Å². The summed E-state index contributed by atoms with van der Waals surface area (Å²) in [6.45, 7) is 4.22. The molecule has 0 amide bonds. The molecule has 96 valence electrons. The number of aromatic nitrogens is 1. The van der Waals surface area contributed by atoms with Crippen LogP contribution in [0.2, 0.25) is 0 Å². The van der Waals surface area contributed by atoms with Gasteiger partial charge >= 0.3 is 5.97 Å². The predicted octanol–water partition coefficient (Wildman–Crippen LogP) is 2.72. The van der Waals surface area contributed by atoms with Crippen LogP contribution < -0.4 is 0 Å². The minimum absolute atomic E-state index is 0.0750. The summed E-state index contributed by atoms with van der Waals surface area (Å²) < 4.78 is 0. The normalized spacial score (nSPS) is 10.3. The van der Waals surface area contributed by atoms with E-state index >= 15 is 0 Å². The number of hydrogen-bond acceptors (Lipinski definition) is 4. The summed E-state index contributed by atoms with van der Waals surface area (Å²) in [6.07, 6.45) is 0.934. The number of nitrogens with zero attached hydrogens (tertiary/aromatic N) is 2. The van der Waals surface area contributed by atoms with Gasteiger partial charge in [0.25, 0.3) is 0 Å². The molecule has 1 aromatic heterocycles. The number of carbonyl (C=O) groups is 1. The maximum atomic E-state index is 10.5. The first-order chi connectivity index (χ1) is 8.52. The highest BCUT2D eigenvalue weighted by atomic mass is 32.2. The van der Waals surface area contributed by atoms with Crippen molar-refractivity contribution in [2.75, 3.05) is 5.75 Å². The molecule has 0 aliphatic carbocycles. The summed E-state index contributed by atoms with van der Waals surface area (Å²) in [5.74, 6) is 0.101. The minimum atomic E-state index is -0.834. The van der Waals surface area contributed by atoms with Gasteiger partial charge in [-0.2, -0.15) is 5.26 Å². The average Bonchev–Trinajstić information content (AvgIpc) is 2.28. The molecule has 0 aliphatic rings. The fourth-order valence-corrected chi connectivity index (χ4v) is 2.36. The van der Waals surface area contributed by atoms with E-state index in [0.717, 1.165) is 12.1 Å². The van der Waals surface area contributed by atoms with E-state index in [2.05, 4.69) is 24.9 Å². The number of pyridine rings is 1. The summed E-state index contributed by atoms with van der Waals surface area (Å²) in [5.41, 5.74) is 1.46. The van der Waals surface area contributed by atoms with E-state index in [0.29, 0.717) is 22.3 Å². The van der Waals surface area contributed by atoms with Gasteiger partial charge < -0.3 is 5.11 Å². The molecule has 0 unspecified atom stereocenters. The fourth-order valence-electron chi connectivity index (χ4n) is 1.44. The highest BCUT2D eigenvalue weighted by molar-refractivity contribution is 7.99. The third-order valence-corrected chi connectivity index (χ3v) is 3.20. The molecule has 0 atom stereocenters. The first-order valence-electron chi connectivity index (χ1n) is 5.77.